The summed E-state index contributed by atoms with van der Waals surface area (Å²) in [5.41, 5.74) is 16.6. The van der Waals surface area contributed by atoms with Gasteiger partial charge in [-0.05, 0) is 89.4 Å². The van der Waals surface area contributed by atoms with E-state index in [2.05, 4.69) is 211 Å². The van der Waals surface area contributed by atoms with E-state index in [4.69, 9.17) is 4.99 Å². The molecule has 8 aromatic rings. The highest BCUT2D eigenvalue weighted by atomic mass is 15.2. The fraction of sp³-hybridized carbons (Fsp3) is 0.0364. The molecular formula is C55H41N3. The lowest BCUT2D eigenvalue weighted by atomic mass is 9.88. The Kier molecular flexibility index (Phi) is 8.96. The van der Waals surface area contributed by atoms with E-state index in [0.717, 1.165) is 56.1 Å². The highest BCUT2D eigenvalue weighted by Crippen LogP contribution is 2.48. The van der Waals surface area contributed by atoms with Gasteiger partial charge in [0.25, 0.3) is 0 Å². The number of hydrogen-bond acceptors (Lipinski definition) is 2. The minimum atomic E-state index is 0.184. The monoisotopic (exact) mass is 743 g/mol. The number of para-hydroxylation sites is 3. The number of anilines is 2. The standard InChI is InChI=1S/C55H41N3/c1-38(40-18-6-3-7-19-40)36-50(56-39(2)41-20-8-4-9-21-41)42-32-34-45(35-33-42)57-52-30-15-13-26-49(52)55-48(28-17-31-53(55)57)47-27-16-22-43-37-54(47)58(44-23-10-5-11-24-44)51-29-14-12-25-46(43)51/h3-37,43H,2H2,1H3/b38-36+,56-50?. The van der Waals surface area contributed by atoms with Crippen molar-refractivity contribution in [3.8, 4) is 5.69 Å². The number of rotatable bonds is 8. The lowest BCUT2D eigenvalue weighted by Gasteiger charge is -2.36. The number of fused-ring (bicyclic) bond motifs is 6. The lowest BCUT2D eigenvalue weighted by Crippen LogP contribution is -2.23. The molecule has 2 bridgehead atoms. The topological polar surface area (TPSA) is 20.5 Å². The third-order valence-electron chi connectivity index (χ3n) is 11.3. The van der Waals surface area contributed by atoms with Crippen LogP contribution >= 0.6 is 0 Å². The molecule has 0 saturated heterocycles. The Labute approximate surface area is 339 Å². The van der Waals surface area contributed by atoms with Gasteiger partial charge in [-0.2, -0.15) is 0 Å². The number of hydrogen-bond donors (Lipinski definition) is 0. The second-order valence-corrected chi connectivity index (χ2v) is 14.9. The van der Waals surface area contributed by atoms with Gasteiger partial charge in [-0.3, -0.25) is 0 Å². The maximum atomic E-state index is 5.13. The van der Waals surface area contributed by atoms with Crippen molar-refractivity contribution in [3.63, 3.8) is 0 Å². The second kappa shape index (κ2) is 14.9. The molecule has 1 aliphatic carbocycles. The molecule has 2 heterocycles. The van der Waals surface area contributed by atoms with E-state index < -0.39 is 0 Å². The van der Waals surface area contributed by atoms with E-state index in [-0.39, 0.29) is 5.92 Å². The van der Waals surface area contributed by atoms with Crippen LogP contribution in [0.5, 0.6) is 0 Å². The van der Waals surface area contributed by atoms with Gasteiger partial charge in [0.2, 0.25) is 0 Å². The van der Waals surface area contributed by atoms with Gasteiger partial charge < -0.3 is 9.47 Å². The quantitative estimate of drug-likeness (QED) is 0.142. The van der Waals surface area contributed by atoms with Gasteiger partial charge >= 0.3 is 0 Å². The molecule has 2 aliphatic rings. The van der Waals surface area contributed by atoms with Gasteiger partial charge in [-0.15, -0.1) is 0 Å². The van der Waals surface area contributed by atoms with Gasteiger partial charge in [0.05, 0.1) is 33.8 Å². The largest absolute Gasteiger partial charge is 0.310 e. The Hall–Kier alpha value is -7.49. The van der Waals surface area contributed by atoms with Crippen molar-refractivity contribution >= 4 is 55.7 Å². The summed E-state index contributed by atoms with van der Waals surface area (Å²) in [6, 6.07) is 64.5. The second-order valence-electron chi connectivity index (χ2n) is 14.9. The molecule has 3 nitrogen and oxygen atoms in total. The summed E-state index contributed by atoms with van der Waals surface area (Å²) in [6.07, 6.45) is 11.5. The fourth-order valence-corrected chi connectivity index (χ4v) is 8.56. The molecule has 1 atom stereocenters. The zero-order chi connectivity index (χ0) is 39.0. The average molecular weight is 744 g/mol. The molecule has 0 amide bonds. The Balaban J connectivity index is 1.10. The first-order valence-corrected chi connectivity index (χ1v) is 19.9. The Morgan fingerprint density at radius 1 is 0.603 bits per heavy atom. The van der Waals surface area contributed by atoms with Crippen LogP contribution in [0.2, 0.25) is 0 Å². The van der Waals surface area contributed by atoms with Crippen molar-refractivity contribution in [3.05, 3.63) is 252 Å². The van der Waals surface area contributed by atoms with E-state index in [1.165, 1.54) is 38.9 Å². The van der Waals surface area contributed by atoms with E-state index in [1.54, 1.807) is 0 Å². The summed E-state index contributed by atoms with van der Waals surface area (Å²) in [6.45, 7) is 6.51. The summed E-state index contributed by atoms with van der Waals surface area (Å²) in [4.78, 5) is 7.56. The van der Waals surface area contributed by atoms with Crippen LogP contribution < -0.4 is 4.90 Å². The predicted molar refractivity (Wildman–Crippen MR) is 246 cm³/mol. The molecule has 276 valence electrons. The van der Waals surface area contributed by atoms with Gasteiger partial charge in [0.1, 0.15) is 0 Å². The molecule has 0 spiro atoms. The van der Waals surface area contributed by atoms with Crippen LogP contribution in [0.4, 0.5) is 11.4 Å². The predicted octanol–water partition coefficient (Wildman–Crippen LogP) is 14.1. The summed E-state index contributed by atoms with van der Waals surface area (Å²) in [5, 5.41) is 2.45. The number of allylic oxidation sites excluding steroid dienone is 7. The minimum absolute atomic E-state index is 0.184. The third-order valence-corrected chi connectivity index (χ3v) is 11.3. The molecule has 0 fully saturated rings. The Bertz CT molecular complexity index is 3000. The normalized spacial score (nSPS) is 15.2. The van der Waals surface area contributed by atoms with Crippen molar-refractivity contribution in [2.24, 2.45) is 4.99 Å². The first-order valence-electron chi connectivity index (χ1n) is 19.9. The Morgan fingerprint density at radius 3 is 2.03 bits per heavy atom. The van der Waals surface area contributed by atoms with Gasteiger partial charge in [-0.1, -0.05) is 164 Å². The highest BCUT2D eigenvalue weighted by Gasteiger charge is 2.30. The maximum absolute atomic E-state index is 5.13. The van der Waals surface area contributed by atoms with Crippen LogP contribution in [0.25, 0.3) is 44.3 Å². The number of benzene rings is 7. The highest BCUT2D eigenvalue weighted by molar-refractivity contribution is 6.16. The maximum Gasteiger partial charge on any atom is 0.0712 e. The van der Waals surface area contributed by atoms with Gasteiger partial charge in [0, 0.05) is 39.2 Å². The molecule has 1 unspecified atom stereocenters. The molecule has 3 heteroatoms. The van der Waals surface area contributed by atoms with E-state index >= 15 is 0 Å². The first kappa shape index (κ1) is 35.0. The number of aromatic nitrogens is 1. The zero-order valence-corrected chi connectivity index (χ0v) is 32.3. The molecular weight excluding hydrogens is 703 g/mol. The van der Waals surface area contributed by atoms with Crippen LogP contribution in [-0.2, 0) is 0 Å². The SMILES string of the molecule is C=C(N=C(/C=C(\C)c1ccccc1)c1ccc(-n2c3ccccc3c3c(C4=CC=CC5C=C4N(c4ccccc4)c4ccccc45)cccc32)cc1)c1ccccc1. The van der Waals surface area contributed by atoms with Crippen molar-refractivity contribution < 1.29 is 0 Å². The summed E-state index contributed by atoms with van der Waals surface area (Å²) in [5.74, 6) is 0.184. The summed E-state index contributed by atoms with van der Waals surface area (Å²) >= 11 is 0. The van der Waals surface area contributed by atoms with Gasteiger partial charge in [0.15, 0.2) is 0 Å². The smallest absolute Gasteiger partial charge is 0.0712 e. The third kappa shape index (κ3) is 6.24. The van der Waals surface area contributed by atoms with E-state index in [1.807, 2.05) is 24.3 Å². The first-order chi connectivity index (χ1) is 28.6. The van der Waals surface area contributed by atoms with Crippen LogP contribution in [0.3, 0.4) is 0 Å². The molecule has 0 saturated carbocycles. The van der Waals surface area contributed by atoms with E-state index in [0.29, 0.717) is 0 Å². The van der Waals surface area contributed by atoms with Crippen LogP contribution in [0, 0.1) is 0 Å². The molecule has 10 rings (SSSR count). The average Bonchev–Trinajstić information content (AvgIpc) is 3.51. The molecule has 0 radical (unpaired) electrons. The van der Waals surface area contributed by atoms with Crippen LogP contribution in [-0.4, -0.2) is 10.3 Å². The van der Waals surface area contributed by atoms with Crippen molar-refractivity contribution in [1.82, 2.24) is 4.57 Å². The zero-order valence-electron chi connectivity index (χ0n) is 32.3. The fourth-order valence-electron chi connectivity index (χ4n) is 8.56. The lowest BCUT2D eigenvalue weighted by molar-refractivity contribution is 1.00. The van der Waals surface area contributed by atoms with Crippen LogP contribution in [0.1, 0.15) is 40.7 Å². The molecule has 1 aliphatic heterocycles. The van der Waals surface area contributed by atoms with Crippen molar-refractivity contribution in [2.45, 2.75) is 12.8 Å². The summed E-state index contributed by atoms with van der Waals surface area (Å²) in [7, 11) is 0. The molecule has 1 aromatic heterocycles. The molecule has 0 N–H and O–H groups in total. The molecule has 7 aromatic carbocycles. The number of nitrogens with zero attached hydrogens (tertiary/aromatic N) is 3. The molecule has 58 heavy (non-hydrogen) atoms. The summed E-state index contributed by atoms with van der Waals surface area (Å²) < 4.78 is 2.40. The van der Waals surface area contributed by atoms with Crippen molar-refractivity contribution in [2.75, 3.05) is 4.90 Å². The van der Waals surface area contributed by atoms with Crippen molar-refractivity contribution in [1.29, 1.82) is 0 Å². The van der Waals surface area contributed by atoms with E-state index in [9.17, 15) is 0 Å². The Morgan fingerprint density at radius 2 is 1.26 bits per heavy atom. The van der Waals surface area contributed by atoms with Gasteiger partial charge in [-0.25, -0.2) is 4.99 Å². The minimum Gasteiger partial charge on any atom is -0.310 e. The number of aliphatic imine (C=N–C) groups is 1. The van der Waals surface area contributed by atoms with Crippen LogP contribution in [0.15, 0.2) is 230 Å².